The molecular weight excluding hydrogens is 458 g/mol. The molecule has 3 heterocycles. The highest BCUT2D eigenvalue weighted by molar-refractivity contribution is 5.99. The fourth-order valence-corrected chi connectivity index (χ4v) is 6.83. The molecule has 4 rings (SSSR count). The third-order valence-corrected chi connectivity index (χ3v) is 8.49. The Kier molecular flexibility index (Phi) is 7.49. The van der Waals surface area contributed by atoms with Gasteiger partial charge in [-0.1, -0.05) is 58.0 Å². The van der Waals surface area contributed by atoms with E-state index in [0.717, 1.165) is 12.0 Å². The number of benzene rings is 1. The van der Waals surface area contributed by atoms with Crippen LogP contribution in [0.5, 0.6) is 0 Å². The zero-order valence-electron chi connectivity index (χ0n) is 22.1. The summed E-state index contributed by atoms with van der Waals surface area (Å²) in [5, 5.41) is 16.3. The number of aliphatic hydroxyl groups is 1. The molecule has 3 N–H and O–H groups in total. The van der Waals surface area contributed by atoms with Crippen molar-refractivity contribution in [2.45, 2.75) is 83.7 Å². The van der Waals surface area contributed by atoms with E-state index in [9.17, 15) is 19.5 Å². The molecule has 1 spiro atoms. The molecule has 0 radical (unpaired) electrons. The number of amides is 3. The van der Waals surface area contributed by atoms with Crippen molar-refractivity contribution >= 4 is 17.7 Å². The summed E-state index contributed by atoms with van der Waals surface area (Å²) >= 11 is 0. The highest BCUT2D eigenvalue weighted by Crippen LogP contribution is 2.65. The Bertz CT molecular complexity index is 985. The van der Waals surface area contributed by atoms with E-state index in [4.69, 9.17) is 4.74 Å². The monoisotopic (exact) mass is 499 g/mol. The molecule has 0 aliphatic carbocycles. The Morgan fingerprint density at radius 2 is 1.89 bits per heavy atom. The van der Waals surface area contributed by atoms with Crippen LogP contribution in [0.4, 0.5) is 0 Å². The number of carbonyl (C=O) groups excluding carboxylic acids is 3. The van der Waals surface area contributed by atoms with E-state index < -0.39 is 35.1 Å². The van der Waals surface area contributed by atoms with E-state index in [1.54, 1.807) is 4.90 Å². The Balaban J connectivity index is 1.74. The van der Waals surface area contributed by atoms with Crippen LogP contribution in [0.15, 0.2) is 30.3 Å². The summed E-state index contributed by atoms with van der Waals surface area (Å²) in [6.45, 7) is 10.6. The molecule has 3 aliphatic rings. The number of fused-ring (bicyclic) bond motifs is 1. The van der Waals surface area contributed by atoms with Crippen molar-refractivity contribution in [2.75, 3.05) is 13.2 Å². The smallest absolute Gasteiger partial charge is 0.246 e. The average Bonchev–Trinajstić information content (AvgIpc) is 3.36. The number of likely N-dealkylation sites (tertiary alicyclic amines) is 1. The minimum absolute atomic E-state index is 0.0130. The normalized spacial score (nSPS) is 33.6. The van der Waals surface area contributed by atoms with Gasteiger partial charge in [0.2, 0.25) is 17.7 Å². The molecule has 3 aliphatic heterocycles. The number of hydrogen-bond donors (Lipinski definition) is 3. The van der Waals surface area contributed by atoms with E-state index in [2.05, 4.69) is 10.6 Å². The van der Waals surface area contributed by atoms with Gasteiger partial charge in [-0.3, -0.25) is 14.4 Å². The molecule has 2 bridgehead atoms. The third kappa shape index (κ3) is 4.22. The van der Waals surface area contributed by atoms with Gasteiger partial charge in [0, 0.05) is 13.1 Å². The maximum atomic E-state index is 14.2. The Labute approximate surface area is 214 Å². The van der Waals surface area contributed by atoms with Gasteiger partial charge in [-0.25, -0.2) is 0 Å². The van der Waals surface area contributed by atoms with Gasteiger partial charge >= 0.3 is 0 Å². The van der Waals surface area contributed by atoms with E-state index in [1.807, 2.05) is 65.0 Å². The summed E-state index contributed by atoms with van der Waals surface area (Å²) in [5.74, 6) is -2.01. The Morgan fingerprint density at radius 1 is 1.19 bits per heavy atom. The Morgan fingerprint density at radius 3 is 2.50 bits per heavy atom. The number of rotatable bonds is 10. The summed E-state index contributed by atoms with van der Waals surface area (Å²) in [4.78, 5) is 43.0. The maximum Gasteiger partial charge on any atom is 0.246 e. The second-order valence-corrected chi connectivity index (χ2v) is 11.4. The molecule has 36 heavy (non-hydrogen) atoms. The van der Waals surface area contributed by atoms with Crippen LogP contribution in [0.2, 0.25) is 0 Å². The van der Waals surface area contributed by atoms with Crippen LogP contribution in [0.3, 0.4) is 0 Å². The second-order valence-electron chi connectivity index (χ2n) is 11.4. The first-order chi connectivity index (χ1) is 17.1. The van der Waals surface area contributed by atoms with Crippen LogP contribution < -0.4 is 10.6 Å². The number of carbonyl (C=O) groups is 3. The summed E-state index contributed by atoms with van der Waals surface area (Å²) in [7, 11) is 0. The molecule has 3 fully saturated rings. The van der Waals surface area contributed by atoms with Crippen molar-refractivity contribution < 1.29 is 24.2 Å². The van der Waals surface area contributed by atoms with Gasteiger partial charge in [-0.05, 0) is 43.6 Å². The molecule has 3 unspecified atom stereocenters. The molecule has 1 aromatic rings. The third-order valence-electron chi connectivity index (χ3n) is 8.49. The molecule has 1 aromatic carbocycles. The van der Waals surface area contributed by atoms with Gasteiger partial charge in [0.1, 0.15) is 11.6 Å². The van der Waals surface area contributed by atoms with E-state index in [1.165, 1.54) is 0 Å². The zero-order chi connectivity index (χ0) is 26.3. The van der Waals surface area contributed by atoms with Crippen LogP contribution in [0.1, 0.15) is 59.4 Å². The van der Waals surface area contributed by atoms with Crippen molar-refractivity contribution in [3.63, 3.8) is 0 Å². The minimum Gasteiger partial charge on any atom is -0.394 e. The average molecular weight is 500 g/mol. The van der Waals surface area contributed by atoms with Crippen molar-refractivity contribution in [1.82, 2.24) is 15.5 Å². The molecule has 8 nitrogen and oxygen atoms in total. The predicted octanol–water partition coefficient (Wildman–Crippen LogP) is 2.25. The van der Waals surface area contributed by atoms with Crippen molar-refractivity contribution in [3.8, 4) is 0 Å². The zero-order valence-corrected chi connectivity index (χ0v) is 22.1. The fraction of sp³-hybridized carbons (Fsp3) is 0.679. The van der Waals surface area contributed by atoms with Crippen molar-refractivity contribution in [1.29, 1.82) is 0 Å². The number of nitrogens with zero attached hydrogens (tertiary/aromatic N) is 1. The highest BCUT2D eigenvalue weighted by Gasteiger charge is 2.80. The second kappa shape index (κ2) is 10.1. The van der Waals surface area contributed by atoms with Crippen LogP contribution >= 0.6 is 0 Å². The molecule has 7 atom stereocenters. The van der Waals surface area contributed by atoms with Crippen molar-refractivity contribution in [3.05, 3.63) is 35.9 Å². The van der Waals surface area contributed by atoms with E-state index >= 15 is 0 Å². The molecule has 8 heteroatoms. The highest BCUT2D eigenvalue weighted by atomic mass is 16.5. The van der Waals surface area contributed by atoms with Crippen LogP contribution in [0.25, 0.3) is 0 Å². The first kappa shape index (κ1) is 26.6. The summed E-state index contributed by atoms with van der Waals surface area (Å²) < 4.78 is 6.72. The first-order valence-electron chi connectivity index (χ1n) is 13.3. The lowest BCUT2D eigenvalue weighted by atomic mass is 9.62. The van der Waals surface area contributed by atoms with E-state index in [0.29, 0.717) is 25.9 Å². The molecule has 198 valence electrons. The SMILES string of the molecule is CCCNC(=O)[C@H]1[C@H]2C(=O)N([C@@H](CO)CC(C)C)C(C(=O)NCc3ccccc3)C23CC(C)[C@]1(C)O3. The standard InChI is InChI=1S/C28H41N3O5/c1-6-12-29-24(33)21-22-26(35)31(20(16-32)13-17(2)3)23(28(22)14-18(4)27(21,5)36-28)25(34)30-15-19-10-8-7-9-11-19/h7-11,17-18,20-23,32H,6,12-16H2,1-5H3,(H,29,33)(H,30,34)/t18?,20-,21-,22+,23?,27+,28?/m1/s1. The van der Waals surface area contributed by atoms with Crippen LogP contribution in [-0.4, -0.2) is 64.2 Å². The number of aliphatic hydroxyl groups excluding tert-OH is 1. The summed E-state index contributed by atoms with van der Waals surface area (Å²) in [5.41, 5.74) is -0.995. The van der Waals surface area contributed by atoms with Gasteiger partial charge in [0.05, 0.1) is 30.1 Å². The topological polar surface area (TPSA) is 108 Å². The van der Waals surface area contributed by atoms with Crippen LogP contribution in [0, 0.1) is 23.7 Å². The van der Waals surface area contributed by atoms with E-state index in [-0.39, 0.29) is 36.2 Å². The lowest BCUT2D eigenvalue weighted by Crippen LogP contribution is -2.58. The Hall–Kier alpha value is -2.45. The fourth-order valence-electron chi connectivity index (χ4n) is 6.83. The van der Waals surface area contributed by atoms with Crippen molar-refractivity contribution in [2.24, 2.45) is 23.7 Å². The summed E-state index contributed by atoms with van der Waals surface area (Å²) in [6.07, 6.45) is 1.84. The molecule has 0 saturated carbocycles. The molecule has 0 aromatic heterocycles. The van der Waals surface area contributed by atoms with Gasteiger partial charge in [0.15, 0.2) is 0 Å². The minimum atomic E-state index is -1.11. The largest absolute Gasteiger partial charge is 0.394 e. The molecular formula is C28H41N3O5. The maximum absolute atomic E-state index is 14.2. The lowest BCUT2D eigenvalue weighted by molar-refractivity contribution is -0.151. The summed E-state index contributed by atoms with van der Waals surface area (Å²) in [6, 6.07) is 8.16. The predicted molar refractivity (Wildman–Crippen MR) is 136 cm³/mol. The number of ether oxygens (including phenoxy) is 1. The van der Waals surface area contributed by atoms with Gasteiger partial charge in [-0.2, -0.15) is 0 Å². The lowest BCUT2D eigenvalue weighted by Gasteiger charge is -2.37. The number of hydrogen-bond acceptors (Lipinski definition) is 5. The molecule has 3 amide bonds. The van der Waals surface area contributed by atoms with Gasteiger partial charge < -0.3 is 25.4 Å². The van der Waals surface area contributed by atoms with Crippen LogP contribution in [-0.2, 0) is 25.7 Å². The first-order valence-corrected chi connectivity index (χ1v) is 13.3. The van der Waals surface area contributed by atoms with Gasteiger partial charge in [-0.15, -0.1) is 0 Å². The number of nitrogens with one attached hydrogen (secondary N) is 2. The molecule has 3 saturated heterocycles. The quantitative estimate of drug-likeness (QED) is 0.458. The van der Waals surface area contributed by atoms with Gasteiger partial charge in [0.25, 0.3) is 0 Å².